The fourth-order valence-electron chi connectivity index (χ4n) is 3.32. The summed E-state index contributed by atoms with van der Waals surface area (Å²) in [5.74, 6) is -0.0181. The van der Waals surface area contributed by atoms with Gasteiger partial charge in [-0.25, -0.2) is 0 Å². The summed E-state index contributed by atoms with van der Waals surface area (Å²) in [5.41, 5.74) is 0.167. The van der Waals surface area contributed by atoms with Gasteiger partial charge in [-0.3, -0.25) is 4.79 Å². The van der Waals surface area contributed by atoms with Crippen LogP contribution in [0, 0.1) is 0 Å². The molecule has 0 aromatic heterocycles. The molecule has 0 aliphatic heterocycles. The van der Waals surface area contributed by atoms with E-state index in [1.165, 1.54) is 12.1 Å². The van der Waals surface area contributed by atoms with Crippen LogP contribution in [0.3, 0.4) is 0 Å². The summed E-state index contributed by atoms with van der Waals surface area (Å²) in [7, 11) is 0. The van der Waals surface area contributed by atoms with Crippen LogP contribution in [-0.2, 0) is 17.4 Å². The molecule has 1 aromatic carbocycles. The molecule has 0 saturated carbocycles. The van der Waals surface area contributed by atoms with E-state index in [2.05, 4.69) is 53.9 Å². The maximum atomic E-state index is 12.7. The van der Waals surface area contributed by atoms with Crippen LogP contribution in [0.2, 0.25) is 0 Å². The Morgan fingerprint density at radius 3 is 2.06 bits per heavy atom. The fourth-order valence-corrected chi connectivity index (χ4v) is 3.32. The third-order valence-corrected chi connectivity index (χ3v) is 5.28. The van der Waals surface area contributed by atoms with Crippen molar-refractivity contribution in [3.8, 4) is 0 Å². The smallest absolute Gasteiger partial charge is 0.394 e. The van der Waals surface area contributed by atoms with Crippen LogP contribution in [-0.4, -0.2) is 23.7 Å². The van der Waals surface area contributed by atoms with E-state index in [9.17, 15) is 18.0 Å². The Morgan fingerprint density at radius 1 is 0.914 bits per heavy atom. The number of aliphatic hydroxyl groups excluding tert-OH is 1. The average molecular weight is 492 g/mol. The van der Waals surface area contributed by atoms with Gasteiger partial charge in [-0.05, 0) is 76.3 Å². The predicted molar refractivity (Wildman–Crippen MR) is 138 cm³/mol. The number of nitrogens with one attached hydrogen (secondary N) is 1. The van der Waals surface area contributed by atoms with E-state index in [1.807, 2.05) is 0 Å². The lowest BCUT2D eigenvalue weighted by Crippen LogP contribution is -2.34. The van der Waals surface area contributed by atoms with Crippen molar-refractivity contribution >= 4 is 5.91 Å². The summed E-state index contributed by atoms with van der Waals surface area (Å²) >= 11 is 0. The number of amides is 1. The van der Waals surface area contributed by atoms with Gasteiger partial charge in [0.2, 0.25) is 5.91 Å². The van der Waals surface area contributed by atoms with Crippen LogP contribution >= 0.6 is 0 Å². The molecule has 1 amide bonds. The number of alkyl halides is 3. The highest BCUT2D eigenvalue weighted by Crippen LogP contribution is 2.29. The molecule has 0 aliphatic carbocycles. The summed E-state index contributed by atoms with van der Waals surface area (Å²) in [6.07, 6.45) is 20.9. The zero-order valence-electron chi connectivity index (χ0n) is 20.8. The highest BCUT2D eigenvalue weighted by Gasteiger charge is 2.30. The van der Waals surface area contributed by atoms with Crippen molar-refractivity contribution in [2.75, 3.05) is 6.61 Å². The molecule has 0 radical (unpaired) electrons. The van der Waals surface area contributed by atoms with Gasteiger partial charge in [0.15, 0.2) is 0 Å². The molecule has 0 heterocycles. The Kier molecular flexibility index (Phi) is 16.3. The number of aryl methyl sites for hydroxylation is 1. The number of benzene rings is 1. The quantitative estimate of drug-likeness (QED) is 0.175. The minimum atomic E-state index is -4.28. The largest absolute Gasteiger partial charge is 0.416 e. The Balaban J connectivity index is 2.01. The van der Waals surface area contributed by atoms with Crippen LogP contribution in [0.5, 0.6) is 0 Å². The van der Waals surface area contributed by atoms with Gasteiger partial charge < -0.3 is 10.4 Å². The first-order valence-corrected chi connectivity index (χ1v) is 12.5. The minimum absolute atomic E-state index is 0.0181. The lowest BCUT2D eigenvalue weighted by atomic mass is 10.0. The second kappa shape index (κ2) is 18.7. The Morgan fingerprint density at radius 2 is 1.49 bits per heavy atom. The monoisotopic (exact) mass is 491 g/mol. The number of hydrogen-bond acceptors (Lipinski definition) is 2. The van der Waals surface area contributed by atoms with Crippen LogP contribution in [0.15, 0.2) is 72.9 Å². The maximum absolute atomic E-state index is 12.7. The van der Waals surface area contributed by atoms with E-state index >= 15 is 0 Å². The van der Waals surface area contributed by atoms with Crippen LogP contribution in [0.25, 0.3) is 0 Å². The summed E-state index contributed by atoms with van der Waals surface area (Å²) in [4.78, 5) is 11.6. The number of rotatable bonds is 17. The summed E-state index contributed by atoms with van der Waals surface area (Å²) in [6.45, 7) is 1.73. The first-order chi connectivity index (χ1) is 16.8. The molecule has 1 rings (SSSR count). The Hall–Kier alpha value is -2.60. The second-order valence-corrected chi connectivity index (χ2v) is 8.58. The molecule has 0 spiro atoms. The summed E-state index contributed by atoms with van der Waals surface area (Å²) in [6, 6.07) is 5.41. The summed E-state index contributed by atoms with van der Waals surface area (Å²) in [5, 5.41) is 11.6. The number of allylic oxidation sites excluding steroid dienone is 8. The SMILES string of the molecule is C[C@H](CO)NC(=O)CCC/C=C\C/C=C\C/C=C\C/C=C\CCCCc1cccc(C(F)(F)F)c1. The third kappa shape index (κ3) is 16.6. The molecule has 2 N–H and O–H groups in total. The molecule has 6 heteroatoms. The fraction of sp³-hybridized carbons (Fsp3) is 0.483. The normalized spacial score (nSPS) is 13.5. The lowest BCUT2D eigenvalue weighted by Gasteiger charge is -2.09. The van der Waals surface area contributed by atoms with Gasteiger partial charge in [0, 0.05) is 12.5 Å². The number of halogens is 3. The van der Waals surface area contributed by atoms with Gasteiger partial charge in [-0.1, -0.05) is 66.8 Å². The zero-order chi connectivity index (χ0) is 25.8. The van der Waals surface area contributed by atoms with Crippen LogP contribution in [0.1, 0.15) is 75.8 Å². The first-order valence-electron chi connectivity index (χ1n) is 12.5. The first kappa shape index (κ1) is 30.4. The number of carbonyl (C=O) groups is 1. The second-order valence-electron chi connectivity index (χ2n) is 8.58. The predicted octanol–water partition coefficient (Wildman–Crippen LogP) is 7.48. The van der Waals surface area contributed by atoms with Gasteiger partial charge in [-0.2, -0.15) is 13.2 Å². The molecule has 1 aromatic rings. The molecule has 0 aliphatic rings. The van der Waals surface area contributed by atoms with Crippen molar-refractivity contribution in [2.24, 2.45) is 0 Å². The van der Waals surface area contributed by atoms with Crippen molar-refractivity contribution in [3.63, 3.8) is 0 Å². The highest BCUT2D eigenvalue weighted by atomic mass is 19.4. The number of aliphatic hydroxyl groups is 1. The van der Waals surface area contributed by atoms with E-state index in [4.69, 9.17) is 5.11 Å². The molecule has 194 valence electrons. The van der Waals surface area contributed by atoms with E-state index in [0.29, 0.717) is 12.8 Å². The zero-order valence-corrected chi connectivity index (χ0v) is 20.8. The molecular weight excluding hydrogens is 451 g/mol. The van der Waals surface area contributed by atoms with Crippen molar-refractivity contribution in [1.82, 2.24) is 5.32 Å². The van der Waals surface area contributed by atoms with E-state index < -0.39 is 11.7 Å². The van der Waals surface area contributed by atoms with E-state index in [0.717, 1.165) is 63.0 Å². The van der Waals surface area contributed by atoms with E-state index in [1.54, 1.807) is 13.0 Å². The topological polar surface area (TPSA) is 49.3 Å². The molecule has 1 atom stereocenters. The summed E-state index contributed by atoms with van der Waals surface area (Å²) < 4.78 is 38.2. The molecule has 0 saturated heterocycles. The molecule has 35 heavy (non-hydrogen) atoms. The van der Waals surface area contributed by atoms with Gasteiger partial charge in [0.1, 0.15) is 0 Å². The van der Waals surface area contributed by atoms with Gasteiger partial charge >= 0.3 is 6.18 Å². The molecule has 3 nitrogen and oxygen atoms in total. The molecule has 0 unspecified atom stereocenters. The number of unbranched alkanes of at least 4 members (excludes halogenated alkanes) is 3. The van der Waals surface area contributed by atoms with Crippen molar-refractivity contribution in [3.05, 3.63) is 84.0 Å². The third-order valence-electron chi connectivity index (χ3n) is 5.28. The van der Waals surface area contributed by atoms with Crippen LogP contribution < -0.4 is 5.32 Å². The minimum Gasteiger partial charge on any atom is -0.394 e. The molecular formula is C29H40F3NO2. The van der Waals surface area contributed by atoms with E-state index in [-0.39, 0.29) is 18.6 Å². The van der Waals surface area contributed by atoms with Crippen molar-refractivity contribution in [2.45, 2.75) is 83.4 Å². The van der Waals surface area contributed by atoms with Gasteiger partial charge in [0.25, 0.3) is 0 Å². The van der Waals surface area contributed by atoms with Gasteiger partial charge in [-0.15, -0.1) is 0 Å². The number of hydrogen-bond donors (Lipinski definition) is 2. The highest BCUT2D eigenvalue weighted by molar-refractivity contribution is 5.76. The Labute approximate surface area is 208 Å². The number of carbonyl (C=O) groups excluding carboxylic acids is 1. The average Bonchev–Trinajstić information content (AvgIpc) is 2.82. The lowest BCUT2D eigenvalue weighted by molar-refractivity contribution is -0.137. The standard InChI is InChI=1S/C29H40F3NO2/c1-25(24-34)33-28(35)22-17-15-13-11-9-7-5-3-2-4-6-8-10-12-14-16-19-26-20-18-21-27(23-26)29(30,31)32/h2,4-5,7-8,10-11,13,18,20-21,23,25,34H,3,6,9,12,14-17,19,22,24H2,1H3,(H,33,35)/b4-2-,7-5-,10-8-,13-11-/t25-/m1/s1. The molecule has 0 fully saturated rings. The maximum Gasteiger partial charge on any atom is 0.416 e. The Bertz CT molecular complexity index is 825. The van der Waals surface area contributed by atoms with Crippen LogP contribution in [0.4, 0.5) is 13.2 Å². The molecule has 0 bridgehead atoms. The van der Waals surface area contributed by atoms with Crippen molar-refractivity contribution < 1.29 is 23.1 Å². The van der Waals surface area contributed by atoms with Gasteiger partial charge in [0.05, 0.1) is 12.2 Å². The van der Waals surface area contributed by atoms with Crippen molar-refractivity contribution in [1.29, 1.82) is 0 Å².